The zero-order valence-electron chi connectivity index (χ0n) is 9.32. The second kappa shape index (κ2) is 7.37. The van der Waals surface area contributed by atoms with Crippen molar-refractivity contribution in [3.8, 4) is 0 Å². The minimum Gasteiger partial charge on any atom is -0.396 e. The first-order valence-corrected chi connectivity index (χ1v) is 5.58. The lowest BCUT2D eigenvalue weighted by Crippen LogP contribution is -2.19. The molecule has 0 bridgehead atoms. The molecular formula is C12H20N2O. The van der Waals surface area contributed by atoms with Gasteiger partial charge in [-0.25, -0.2) is 0 Å². The van der Waals surface area contributed by atoms with Gasteiger partial charge < -0.3 is 10.4 Å². The molecule has 0 aliphatic rings. The quantitative estimate of drug-likeness (QED) is 0.673. The summed E-state index contributed by atoms with van der Waals surface area (Å²) in [7, 11) is 0. The van der Waals surface area contributed by atoms with Gasteiger partial charge in [-0.1, -0.05) is 6.07 Å². The van der Waals surface area contributed by atoms with Gasteiger partial charge in [-0.2, -0.15) is 0 Å². The molecule has 15 heavy (non-hydrogen) atoms. The molecule has 84 valence electrons. The lowest BCUT2D eigenvalue weighted by molar-refractivity contribution is 0.282. The number of hydrogen-bond acceptors (Lipinski definition) is 3. The van der Waals surface area contributed by atoms with Crippen LogP contribution >= 0.6 is 0 Å². The van der Waals surface area contributed by atoms with Crippen LogP contribution in [0, 0.1) is 0 Å². The van der Waals surface area contributed by atoms with Crippen LogP contribution in [0.15, 0.2) is 24.5 Å². The average molecular weight is 208 g/mol. The Morgan fingerprint density at radius 2 is 2.27 bits per heavy atom. The Morgan fingerprint density at radius 1 is 1.40 bits per heavy atom. The van der Waals surface area contributed by atoms with E-state index in [1.54, 1.807) is 6.20 Å². The van der Waals surface area contributed by atoms with Gasteiger partial charge in [0.05, 0.1) is 0 Å². The fourth-order valence-electron chi connectivity index (χ4n) is 1.48. The molecule has 1 atom stereocenters. The van der Waals surface area contributed by atoms with Crippen molar-refractivity contribution in [2.24, 2.45) is 0 Å². The Kier molecular flexibility index (Phi) is 5.97. The number of nitrogens with zero attached hydrogens (tertiary/aromatic N) is 1. The Bertz CT molecular complexity index is 251. The van der Waals surface area contributed by atoms with Crippen molar-refractivity contribution >= 4 is 0 Å². The molecule has 1 heterocycles. The van der Waals surface area contributed by atoms with E-state index in [2.05, 4.69) is 23.3 Å². The van der Waals surface area contributed by atoms with E-state index in [0.717, 1.165) is 25.8 Å². The van der Waals surface area contributed by atoms with Gasteiger partial charge in [-0.15, -0.1) is 0 Å². The Labute approximate surface area is 91.5 Å². The van der Waals surface area contributed by atoms with E-state index in [9.17, 15) is 0 Å². The van der Waals surface area contributed by atoms with Gasteiger partial charge >= 0.3 is 0 Å². The van der Waals surface area contributed by atoms with Crippen molar-refractivity contribution in [1.29, 1.82) is 0 Å². The lowest BCUT2D eigenvalue weighted by Gasteiger charge is -2.13. The van der Waals surface area contributed by atoms with E-state index in [-0.39, 0.29) is 0 Å². The molecular weight excluding hydrogens is 188 g/mol. The van der Waals surface area contributed by atoms with Crippen LogP contribution in [0.25, 0.3) is 0 Å². The summed E-state index contributed by atoms with van der Waals surface area (Å²) in [5.74, 6) is 0. The van der Waals surface area contributed by atoms with Crippen LogP contribution in [0.4, 0.5) is 0 Å². The molecule has 0 saturated carbocycles. The van der Waals surface area contributed by atoms with Crippen molar-refractivity contribution in [3.05, 3.63) is 30.1 Å². The highest BCUT2D eigenvalue weighted by molar-refractivity contribution is 5.12. The van der Waals surface area contributed by atoms with Crippen LogP contribution in [0.2, 0.25) is 0 Å². The molecule has 1 aromatic rings. The van der Waals surface area contributed by atoms with Gasteiger partial charge in [0.25, 0.3) is 0 Å². The van der Waals surface area contributed by atoms with Crippen LogP contribution in [-0.4, -0.2) is 23.2 Å². The summed E-state index contributed by atoms with van der Waals surface area (Å²) in [5, 5.41) is 12.1. The summed E-state index contributed by atoms with van der Waals surface area (Å²) in [6.07, 6.45) is 6.79. The molecule has 0 saturated heterocycles. The second-order valence-electron chi connectivity index (χ2n) is 3.75. The number of pyridine rings is 1. The van der Waals surface area contributed by atoms with E-state index in [1.165, 1.54) is 5.56 Å². The topological polar surface area (TPSA) is 45.1 Å². The predicted molar refractivity (Wildman–Crippen MR) is 61.6 cm³/mol. The first-order valence-electron chi connectivity index (χ1n) is 5.58. The summed E-state index contributed by atoms with van der Waals surface area (Å²) in [5.41, 5.74) is 1.22. The van der Waals surface area contributed by atoms with Crippen LogP contribution in [0.5, 0.6) is 0 Å². The molecule has 0 radical (unpaired) electrons. The zero-order chi connectivity index (χ0) is 10.9. The van der Waals surface area contributed by atoms with Crippen molar-refractivity contribution in [1.82, 2.24) is 10.3 Å². The maximum atomic E-state index is 8.62. The van der Waals surface area contributed by atoms with Crippen LogP contribution < -0.4 is 5.32 Å². The smallest absolute Gasteiger partial charge is 0.0431 e. The minimum absolute atomic E-state index is 0.304. The van der Waals surface area contributed by atoms with Crippen molar-refractivity contribution in [3.63, 3.8) is 0 Å². The molecule has 0 fully saturated rings. The van der Waals surface area contributed by atoms with E-state index < -0.39 is 0 Å². The van der Waals surface area contributed by atoms with Gasteiger partial charge in [0, 0.05) is 25.0 Å². The van der Waals surface area contributed by atoms with Crippen molar-refractivity contribution in [2.45, 2.75) is 32.2 Å². The highest BCUT2D eigenvalue weighted by Gasteiger charge is 2.02. The fraction of sp³-hybridized carbons (Fsp3) is 0.583. The largest absolute Gasteiger partial charge is 0.396 e. The van der Waals surface area contributed by atoms with Crippen LogP contribution in [-0.2, 0) is 0 Å². The second-order valence-corrected chi connectivity index (χ2v) is 3.75. The van der Waals surface area contributed by atoms with Crippen LogP contribution in [0.1, 0.15) is 37.8 Å². The van der Waals surface area contributed by atoms with Gasteiger partial charge in [0.1, 0.15) is 0 Å². The Hall–Kier alpha value is -0.930. The maximum Gasteiger partial charge on any atom is 0.0431 e. The monoisotopic (exact) mass is 208 g/mol. The number of aromatic nitrogens is 1. The third-order valence-corrected chi connectivity index (χ3v) is 2.47. The fourth-order valence-corrected chi connectivity index (χ4v) is 1.48. The molecule has 0 spiro atoms. The number of hydrogen-bond donors (Lipinski definition) is 2. The van der Waals surface area contributed by atoms with E-state index in [0.29, 0.717) is 12.6 Å². The maximum absolute atomic E-state index is 8.62. The molecule has 0 amide bonds. The van der Waals surface area contributed by atoms with E-state index in [4.69, 9.17) is 5.11 Å². The van der Waals surface area contributed by atoms with Crippen molar-refractivity contribution in [2.75, 3.05) is 13.2 Å². The molecule has 2 N–H and O–H groups in total. The molecule has 3 nitrogen and oxygen atoms in total. The Morgan fingerprint density at radius 3 is 2.93 bits per heavy atom. The summed E-state index contributed by atoms with van der Waals surface area (Å²) in [6.45, 7) is 3.44. The van der Waals surface area contributed by atoms with Gasteiger partial charge in [0.15, 0.2) is 0 Å². The summed E-state index contributed by atoms with van der Waals surface area (Å²) in [4.78, 5) is 4.09. The summed E-state index contributed by atoms with van der Waals surface area (Å²) >= 11 is 0. The highest BCUT2D eigenvalue weighted by atomic mass is 16.2. The molecule has 0 aliphatic heterocycles. The molecule has 0 aliphatic carbocycles. The van der Waals surface area contributed by atoms with Gasteiger partial charge in [-0.3, -0.25) is 4.98 Å². The Balaban J connectivity index is 2.16. The minimum atomic E-state index is 0.304. The number of unbranched alkanes of at least 4 members (excludes halogenated alkanes) is 2. The molecule has 3 heteroatoms. The van der Waals surface area contributed by atoms with Crippen molar-refractivity contribution < 1.29 is 5.11 Å². The number of aliphatic hydroxyl groups is 1. The van der Waals surface area contributed by atoms with E-state index in [1.807, 2.05) is 12.3 Å². The average Bonchev–Trinajstić information content (AvgIpc) is 2.30. The number of aliphatic hydroxyl groups excluding tert-OH is 1. The first kappa shape index (κ1) is 12.1. The molecule has 1 rings (SSSR count). The third kappa shape index (κ3) is 4.91. The highest BCUT2D eigenvalue weighted by Crippen LogP contribution is 2.09. The standard InChI is InChI=1S/C12H20N2O/c1-11(12-6-5-7-13-10-12)14-8-3-2-4-9-15/h5-7,10-11,14-15H,2-4,8-9H2,1H3. The number of rotatable bonds is 7. The third-order valence-electron chi connectivity index (χ3n) is 2.47. The lowest BCUT2D eigenvalue weighted by atomic mass is 10.1. The van der Waals surface area contributed by atoms with Gasteiger partial charge in [0.2, 0.25) is 0 Å². The molecule has 1 aromatic heterocycles. The van der Waals surface area contributed by atoms with Crippen LogP contribution in [0.3, 0.4) is 0 Å². The van der Waals surface area contributed by atoms with E-state index >= 15 is 0 Å². The van der Waals surface area contributed by atoms with Gasteiger partial charge in [-0.05, 0) is 44.4 Å². The summed E-state index contributed by atoms with van der Waals surface area (Å²) < 4.78 is 0. The SMILES string of the molecule is CC(NCCCCCO)c1cccnc1. The molecule has 0 aromatic carbocycles. The zero-order valence-corrected chi connectivity index (χ0v) is 9.32. The first-order chi connectivity index (χ1) is 7.34. The summed E-state index contributed by atoms with van der Waals surface area (Å²) in [6, 6.07) is 4.39. The number of nitrogens with one attached hydrogen (secondary N) is 1. The normalized spacial score (nSPS) is 12.7. The predicted octanol–water partition coefficient (Wildman–Crippen LogP) is 1.89. The molecule has 1 unspecified atom stereocenters.